The summed E-state index contributed by atoms with van der Waals surface area (Å²) in [5.74, 6) is 5.47. The summed E-state index contributed by atoms with van der Waals surface area (Å²) in [5.41, 5.74) is 0. The van der Waals surface area contributed by atoms with Crippen LogP contribution in [0, 0.1) is 11.8 Å². The van der Waals surface area contributed by atoms with Gasteiger partial charge in [0.2, 0.25) is 0 Å². The molecule has 0 saturated carbocycles. The maximum atomic E-state index is 11.1. The molecule has 0 N–H and O–H groups in total. The highest BCUT2D eigenvalue weighted by Gasteiger charge is 2.12. The lowest BCUT2D eigenvalue weighted by molar-refractivity contribution is -0.127. The molecule has 0 aromatic rings. The van der Waals surface area contributed by atoms with E-state index in [9.17, 15) is 4.79 Å². The van der Waals surface area contributed by atoms with Gasteiger partial charge in [0.1, 0.15) is 6.10 Å². The van der Waals surface area contributed by atoms with Crippen molar-refractivity contribution in [2.45, 2.75) is 32.8 Å². The van der Waals surface area contributed by atoms with Crippen LogP contribution in [-0.4, -0.2) is 19.0 Å². The van der Waals surface area contributed by atoms with Crippen LogP contribution in [-0.2, 0) is 9.53 Å². The molecule has 2 nitrogen and oxygen atoms in total. The highest BCUT2D eigenvalue weighted by Crippen LogP contribution is 1.99. The van der Waals surface area contributed by atoms with Gasteiger partial charge in [-0.15, -0.1) is 5.92 Å². The van der Waals surface area contributed by atoms with Gasteiger partial charge in [0, 0.05) is 7.11 Å². The molecule has 0 heterocycles. The standard InChI is InChI=1S/C9H14O2/c1-4-6-7-8(10)9(5-2)11-3/h9H,5,7H2,1-3H3. The Kier molecular flexibility index (Phi) is 5.50. The maximum absolute atomic E-state index is 11.1. The number of hydrogen-bond acceptors (Lipinski definition) is 2. The van der Waals surface area contributed by atoms with Crippen LogP contribution in [0.25, 0.3) is 0 Å². The lowest BCUT2D eigenvalue weighted by atomic mass is 10.1. The fourth-order valence-corrected chi connectivity index (χ4v) is 0.815. The van der Waals surface area contributed by atoms with Crippen molar-refractivity contribution < 1.29 is 9.53 Å². The van der Waals surface area contributed by atoms with Crippen molar-refractivity contribution in [1.82, 2.24) is 0 Å². The Hall–Kier alpha value is -0.810. The molecule has 0 aliphatic carbocycles. The van der Waals surface area contributed by atoms with Crippen molar-refractivity contribution >= 4 is 5.78 Å². The molecule has 0 fully saturated rings. The summed E-state index contributed by atoms with van der Waals surface area (Å²) >= 11 is 0. The normalized spacial score (nSPS) is 11.5. The quantitative estimate of drug-likeness (QED) is 0.572. The molecule has 0 aromatic heterocycles. The summed E-state index contributed by atoms with van der Waals surface area (Å²) in [6.45, 7) is 3.65. The van der Waals surface area contributed by atoms with Gasteiger partial charge in [-0.25, -0.2) is 0 Å². The third-order valence-electron chi connectivity index (χ3n) is 1.45. The third kappa shape index (κ3) is 3.79. The molecule has 0 aliphatic rings. The van der Waals surface area contributed by atoms with E-state index in [0.29, 0.717) is 6.42 Å². The fourth-order valence-electron chi connectivity index (χ4n) is 0.815. The van der Waals surface area contributed by atoms with Crippen molar-refractivity contribution in [1.29, 1.82) is 0 Å². The average molecular weight is 154 g/mol. The first-order valence-corrected chi connectivity index (χ1v) is 3.71. The molecular weight excluding hydrogens is 140 g/mol. The van der Waals surface area contributed by atoms with Crippen LogP contribution in [0.1, 0.15) is 26.7 Å². The molecule has 0 aromatic carbocycles. The molecule has 0 amide bonds. The monoisotopic (exact) mass is 154 g/mol. The number of ketones is 1. The van der Waals surface area contributed by atoms with Gasteiger partial charge in [-0.1, -0.05) is 12.8 Å². The lowest BCUT2D eigenvalue weighted by Gasteiger charge is -2.08. The minimum Gasteiger partial charge on any atom is -0.374 e. The predicted octanol–water partition coefficient (Wildman–Crippen LogP) is 1.39. The zero-order valence-electron chi connectivity index (χ0n) is 7.31. The van der Waals surface area contributed by atoms with Gasteiger partial charge in [0.05, 0.1) is 6.42 Å². The molecule has 0 spiro atoms. The van der Waals surface area contributed by atoms with Gasteiger partial charge >= 0.3 is 0 Å². The van der Waals surface area contributed by atoms with Crippen molar-refractivity contribution in [3.63, 3.8) is 0 Å². The van der Waals surface area contributed by atoms with Crippen molar-refractivity contribution in [3.05, 3.63) is 0 Å². The first-order chi connectivity index (χ1) is 5.26. The molecule has 2 heteroatoms. The maximum Gasteiger partial charge on any atom is 0.173 e. The minimum atomic E-state index is -0.268. The van der Waals surface area contributed by atoms with E-state index in [0.717, 1.165) is 6.42 Å². The number of carbonyl (C=O) groups excluding carboxylic acids is 1. The second kappa shape index (κ2) is 5.94. The van der Waals surface area contributed by atoms with Crippen molar-refractivity contribution in [3.8, 4) is 11.8 Å². The van der Waals surface area contributed by atoms with Crippen molar-refractivity contribution in [2.24, 2.45) is 0 Å². The number of ether oxygens (including phenoxy) is 1. The highest BCUT2D eigenvalue weighted by molar-refractivity contribution is 5.85. The highest BCUT2D eigenvalue weighted by atomic mass is 16.5. The minimum absolute atomic E-state index is 0.0735. The Labute approximate surface area is 67.9 Å². The number of carbonyl (C=O) groups is 1. The molecule has 1 atom stereocenters. The summed E-state index contributed by atoms with van der Waals surface area (Å²) in [5, 5.41) is 0. The molecule has 11 heavy (non-hydrogen) atoms. The molecule has 0 bridgehead atoms. The molecule has 0 radical (unpaired) electrons. The zero-order valence-corrected chi connectivity index (χ0v) is 7.31. The van der Waals surface area contributed by atoms with Crippen LogP contribution < -0.4 is 0 Å². The Bertz CT molecular complexity index is 170. The Morgan fingerprint density at radius 2 is 2.27 bits per heavy atom. The zero-order chi connectivity index (χ0) is 8.69. The van der Waals surface area contributed by atoms with Gasteiger partial charge in [-0.3, -0.25) is 4.79 Å². The van der Waals surface area contributed by atoms with Gasteiger partial charge in [-0.05, 0) is 13.3 Å². The fraction of sp³-hybridized carbons (Fsp3) is 0.667. The van der Waals surface area contributed by atoms with E-state index in [4.69, 9.17) is 4.74 Å². The Morgan fingerprint density at radius 3 is 2.64 bits per heavy atom. The summed E-state index contributed by atoms with van der Waals surface area (Å²) in [7, 11) is 1.55. The first-order valence-electron chi connectivity index (χ1n) is 3.71. The summed E-state index contributed by atoms with van der Waals surface area (Å²) in [6, 6.07) is 0. The number of rotatable bonds is 4. The predicted molar refractivity (Wildman–Crippen MR) is 44.2 cm³/mol. The van der Waals surface area contributed by atoms with Crippen LogP contribution in [0.4, 0.5) is 0 Å². The van der Waals surface area contributed by atoms with Gasteiger partial charge in [0.25, 0.3) is 0 Å². The smallest absolute Gasteiger partial charge is 0.173 e. The second-order valence-electron chi connectivity index (χ2n) is 2.20. The number of Topliss-reactive ketones (excluding diaryl/α,β-unsaturated/α-hetero) is 1. The van der Waals surface area contributed by atoms with Gasteiger partial charge < -0.3 is 4.74 Å². The van der Waals surface area contributed by atoms with Gasteiger partial charge in [-0.2, -0.15) is 0 Å². The molecular formula is C9H14O2. The van der Waals surface area contributed by atoms with E-state index in [1.807, 2.05) is 6.92 Å². The van der Waals surface area contributed by atoms with Crippen molar-refractivity contribution in [2.75, 3.05) is 7.11 Å². The number of hydrogen-bond donors (Lipinski definition) is 0. The largest absolute Gasteiger partial charge is 0.374 e. The third-order valence-corrected chi connectivity index (χ3v) is 1.45. The summed E-state index contributed by atoms with van der Waals surface area (Å²) < 4.78 is 4.94. The molecule has 1 unspecified atom stereocenters. The summed E-state index contributed by atoms with van der Waals surface area (Å²) in [4.78, 5) is 11.1. The van der Waals surface area contributed by atoms with E-state index in [1.165, 1.54) is 0 Å². The molecule has 0 saturated heterocycles. The topological polar surface area (TPSA) is 26.3 Å². The van der Waals surface area contributed by atoms with E-state index < -0.39 is 0 Å². The van der Waals surface area contributed by atoms with E-state index in [1.54, 1.807) is 14.0 Å². The number of methoxy groups -OCH3 is 1. The molecule has 0 aliphatic heterocycles. The van der Waals surface area contributed by atoms with Crippen LogP contribution in [0.3, 0.4) is 0 Å². The SMILES string of the molecule is CC#CCC(=O)C(CC)OC. The van der Waals surface area contributed by atoms with Crippen LogP contribution in [0.5, 0.6) is 0 Å². The van der Waals surface area contributed by atoms with E-state index >= 15 is 0 Å². The lowest BCUT2D eigenvalue weighted by Crippen LogP contribution is -2.21. The molecule has 62 valence electrons. The van der Waals surface area contributed by atoms with Crippen LogP contribution in [0.2, 0.25) is 0 Å². The van der Waals surface area contributed by atoms with Crippen LogP contribution in [0.15, 0.2) is 0 Å². The van der Waals surface area contributed by atoms with Gasteiger partial charge in [0.15, 0.2) is 5.78 Å². The average Bonchev–Trinajstić information content (AvgIpc) is 2.03. The molecule has 0 rings (SSSR count). The van der Waals surface area contributed by atoms with E-state index in [-0.39, 0.29) is 11.9 Å². The summed E-state index contributed by atoms with van der Waals surface area (Å²) in [6.07, 6.45) is 0.764. The van der Waals surface area contributed by atoms with Crippen LogP contribution >= 0.6 is 0 Å². The second-order valence-corrected chi connectivity index (χ2v) is 2.20. The Balaban J connectivity index is 3.85. The van der Waals surface area contributed by atoms with E-state index in [2.05, 4.69) is 11.8 Å². The Morgan fingerprint density at radius 1 is 1.64 bits per heavy atom. The first kappa shape index (κ1) is 10.2.